The molecular formula is C12H24O2. The van der Waals surface area contributed by atoms with E-state index >= 15 is 0 Å². The molecule has 0 aliphatic rings. The molecule has 2 heteroatoms. The Kier molecular flexibility index (Phi) is 7.77. The third kappa shape index (κ3) is 5.38. The molecule has 2 nitrogen and oxygen atoms in total. The molecule has 0 unspecified atom stereocenters. The fourth-order valence-electron chi connectivity index (χ4n) is 1.31. The van der Waals surface area contributed by atoms with Gasteiger partial charge >= 0.3 is 0 Å². The summed E-state index contributed by atoms with van der Waals surface area (Å²) >= 11 is 0. The van der Waals surface area contributed by atoms with Crippen molar-refractivity contribution in [2.24, 2.45) is 5.92 Å². The van der Waals surface area contributed by atoms with Crippen LogP contribution in [0.25, 0.3) is 0 Å². The molecule has 0 aromatic carbocycles. The molecule has 0 saturated heterocycles. The second-order valence-corrected chi connectivity index (χ2v) is 4.06. The number of unbranched alkanes of at least 4 members (excludes halogenated alkanes) is 1. The maximum absolute atomic E-state index is 11.7. The smallest absolute Gasteiger partial charge is 0.164 e. The number of carbonyl (C=O) groups excluding carboxylic acids is 1. The monoisotopic (exact) mass is 200 g/mol. The average molecular weight is 200 g/mol. The highest BCUT2D eigenvalue weighted by Crippen LogP contribution is 2.10. The molecule has 0 saturated carbocycles. The van der Waals surface area contributed by atoms with Crippen LogP contribution in [0, 0.1) is 5.92 Å². The number of ketones is 1. The standard InChI is InChI=1S/C12H24O2/c1-5-7-9-14-11(8-6-2)12(13)10(3)4/h10-11H,5-9H2,1-4H3/t11-/m1/s1. The summed E-state index contributed by atoms with van der Waals surface area (Å²) in [5.74, 6) is 0.344. The Morgan fingerprint density at radius 2 is 1.86 bits per heavy atom. The second kappa shape index (κ2) is 7.98. The molecule has 0 aliphatic carbocycles. The topological polar surface area (TPSA) is 26.3 Å². The number of rotatable bonds is 8. The van der Waals surface area contributed by atoms with Crippen molar-refractivity contribution in [3.8, 4) is 0 Å². The Hall–Kier alpha value is -0.370. The van der Waals surface area contributed by atoms with E-state index in [1.165, 1.54) is 0 Å². The van der Waals surface area contributed by atoms with Gasteiger partial charge in [0.2, 0.25) is 0 Å². The van der Waals surface area contributed by atoms with E-state index in [1.807, 2.05) is 13.8 Å². The molecule has 0 fully saturated rings. The quantitative estimate of drug-likeness (QED) is 0.562. The van der Waals surface area contributed by atoms with E-state index in [0.29, 0.717) is 0 Å². The molecule has 0 amide bonds. The fourth-order valence-corrected chi connectivity index (χ4v) is 1.31. The van der Waals surface area contributed by atoms with Crippen molar-refractivity contribution in [2.45, 2.75) is 59.5 Å². The number of Topliss-reactive ketones (excluding diaryl/α,β-unsaturated/α-hetero) is 1. The van der Waals surface area contributed by atoms with E-state index in [-0.39, 0.29) is 17.8 Å². The zero-order chi connectivity index (χ0) is 11.0. The summed E-state index contributed by atoms with van der Waals surface area (Å²) in [5.41, 5.74) is 0. The Bertz CT molecular complexity index is 152. The van der Waals surface area contributed by atoms with Crippen LogP contribution in [0.5, 0.6) is 0 Å². The van der Waals surface area contributed by atoms with Crippen molar-refractivity contribution in [1.82, 2.24) is 0 Å². The first kappa shape index (κ1) is 13.6. The largest absolute Gasteiger partial charge is 0.370 e. The molecule has 0 N–H and O–H groups in total. The van der Waals surface area contributed by atoms with Crippen molar-refractivity contribution in [3.05, 3.63) is 0 Å². The lowest BCUT2D eigenvalue weighted by molar-refractivity contribution is -0.134. The van der Waals surface area contributed by atoms with Crippen LogP contribution >= 0.6 is 0 Å². The predicted molar refractivity (Wildman–Crippen MR) is 59.4 cm³/mol. The van der Waals surface area contributed by atoms with Crippen molar-refractivity contribution in [3.63, 3.8) is 0 Å². The van der Waals surface area contributed by atoms with Crippen LogP contribution in [0.4, 0.5) is 0 Å². The second-order valence-electron chi connectivity index (χ2n) is 4.06. The summed E-state index contributed by atoms with van der Waals surface area (Å²) < 4.78 is 5.60. The first-order valence-corrected chi connectivity index (χ1v) is 5.78. The molecule has 0 aliphatic heterocycles. The highest BCUT2D eigenvalue weighted by molar-refractivity contribution is 5.84. The summed E-state index contributed by atoms with van der Waals surface area (Å²) in [6.07, 6.45) is 3.88. The van der Waals surface area contributed by atoms with Gasteiger partial charge in [-0.05, 0) is 12.8 Å². The number of ether oxygens (including phenoxy) is 1. The lowest BCUT2D eigenvalue weighted by Crippen LogP contribution is -2.28. The van der Waals surface area contributed by atoms with Gasteiger partial charge in [0, 0.05) is 12.5 Å². The predicted octanol–water partition coefficient (Wildman–Crippen LogP) is 3.20. The molecule has 0 aromatic heterocycles. The van der Waals surface area contributed by atoms with Crippen molar-refractivity contribution in [1.29, 1.82) is 0 Å². The first-order valence-electron chi connectivity index (χ1n) is 5.78. The number of carbonyl (C=O) groups is 1. The van der Waals surface area contributed by atoms with Crippen LogP contribution in [-0.2, 0) is 9.53 Å². The molecule has 0 spiro atoms. The molecule has 0 heterocycles. The maximum Gasteiger partial charge on any atom is 0.164 e. The van der Waals surface area contributed by atoms with Gasteiger partial charge in [-0.15, -0.1) is 0 Å². The van der Waals surface area contributed by atoms with Gasteiger partial charge in [-0.1, -0.05) is 40.5 Å². The van der Waals surface area contributed by atoms with E-state index in [1.54, 1.807) is 0 Å². The van der Waals surface area contributed by atoms with Gasteiger partial charge in [-0.2, -0.15) is 0 Å². The minimum absolute atomic E-state index is 0.0909. The van der Waals surface area contributed by atoms with Crippen LogP contribution in [0.1, 0.15) is 53.4 Å². The van der Waals surface area contributed by atoms with Gasteiger partial charge in [0.05, 0.1) is 0 Å². The Labute approximate surface area is 88.0 Å². The van der Waals surface area contributed by atoms with Crippen molar-refractivity contribution >= 4 is 5.78 Å². The molecule has 84 valence electrons. The summed E-state index contributed by atoms with van der Waals surface area (Å²) in [4.78, 5) is 11.7. The summed E-state index contributed by atoms with van der Waals surface area (Å²) in [7, 11) is 0. The van der Waals surface area contributed by atoms with Gasteiger partial charge in [0.1, 0.15) is 6.10 Å². The molecule has 0 radical (unpaired) electrons. The zero-order valence-corrected chi connectivity index (χ0v) is 10.0. The van der Waals surface area contributed by atoms with Crippen LogP contribution in [0.15, 0.2) is 0 Å². The van der Waals surface area contributed by atoms with Gasteiger partial charge < -0.3 is 4.74 Å². The SMILES string of the molecule is CCCCO[C@H](CCC)C(=O)C(C)C. The van der Waals surface area contributed by atoms with Crippen LogP contribution in [0.2, 0.25) is 0 Å². The number of hydrogen-bond acceptors (Lipinski definition) is 2. The van der Waals surface area contributed by atoms with Crippen molar-refractivity contribution in [2.75, 3.05) is 6.61 Å². The van der Waals surface area contributed by atoms with E-state index in [9.17, 15) is 4.79 Å². The minimum Gasteiger partial charge on any atom is -0.370 e. The molecule has 0 bridgehead atoms. The third-order valence-corrected chi connectivity index (χ3v) is 2.25. The summed E-state index contributed by atoms with van der Waals surface area (Å²) in [5, 5.41) is 0. The lowest BCUT2D eigenvalue weighted by atomic mass is 10.0. The maximum atomic E-state index is 11.7. The third-order valence-electron chi connectivity index (χ3n) is 2.25. The van der Waals surface area contributed by atoms with E-state index < -0.39 is 0 Å². The fraction of sp³-hybridized carbons (Fsp3) is 0.917. The number of hydrogen-bond donors (Lipinski definition) is 0. The molecule has 0 aromatic rings. The normalized spacial score (nSPS) is 13.2. The van der Waals surface area contributed by atoms with E-state index in [4.69, 9.17) is 4.74 Å². The van der Waals surface area contributed by atoms with Gasteiger partial charge in [0.25, 0.3) is 0 Å². The highest BCUT2D eigenvalue weighted by atomic mass is 16.5. The van der Waals surface area contributed by atoms with Gasteiger partial charge in [-0.3, -0.25) is 4.79 Å². The molecule has 0 rings (SSSR count). The summed E-state index contributed by atoms with van der Waals surface area (Å²) in [6.45, 7) is 8.81. The lowest BCUT2D eigenvalue weighted by Gasteiger charge is -2.17. The first-order chi connectivity index (χ1) is 6.63. The molecule has 1 atom stereocenters. The van der Waals surface area contributed by atoms with Crippen LogP contribution in [-0.4, -0.2) is 18.5 Å². The van der Waals surface area contributed by atoms with E-state index in [0.717, 1.165) is 32.3 Å². The zero-order valence-electron chi connectivity index (χ0n) is 10.0. The molecular weight excluding hydrogens is 176 g/mol. The molecule has 14 heavy (non-hydrogen) atoms. The van der Waals surface area contributed by atoms with Gasteiger partial charge in [0.15, 0.2) is 5.78 Å². The minimum atomic E-state index is -0.161. The Morgan fingerprint density at radius 1 is 1.21 bits per heavy atom. The summed E-state index contributed by atoms with van der Waals surface area (Å²) in [6, 6.07) is 0. The van der Waals surface area contributed by atoms with Crippen LogP contribution in [0.3, 0.4) is 0 Å². The average Bonchev–Trinajstić information content (AvgIpc) is 2.15. The van der Waals surface area contributed by atoms with Crippen molar-refractivity contribution < 1.29 is 9.53 Å². The van der Waals surface area contributed by atoms with E-state index in [2.05, 4.69) is 13.8 Å². The highest BCUT2D eigenvalue weighted by Gasteiger charge is 2.20. The Morgan fingerprint density at radius 3 is 2.29 bits per heavy atom. The Balaban J connectivity index is 3.94. The van der Waals surface area contributed by atoms with Gasteiger partial charge in [-0.25, -0.2) is 0 Å². The van der Waals surface area contributed by atoms with Crippen LogP contribution < -0.4 is 0 Å².